The summed E-state index contributed by atoms with van der Waals surface area (Å²) in [4.78, 5) is 0. The second-order valence-electron chi connectivity index (χ2n) is 4.85. The quantitative estimate of drug-likeness (QED) is 0.769. The van der Waals surface area contributed by atoms with Crippen LogP contribution in [0.1, 0.15) is 18.9 Å². The van der Waals surface area contributed by atoms with Gasteiger partial charge in [-0.15, -0.1) is 0 Å². The first-order valence-corrected chi connectivity index (χ1v) is 6.82. The molecular weight excluding hydrogens is 262 g/mol. The molecule has 0 aliphatic heterocycles. The molecule has 3 nitrogen and oxygen atoms in total. The Labute approximate surface area is 116 Å². The number of aryl methyl sites for hydroxylation is 1. The highest BCUT2D eigenvalue weighted by Crippen LogP contribution is 2.37. The summed E-state index contributed by atoms with van der Waals surface area (Å²) in [6, 6.07) is 4.32. The van der Waals surface area contributed by atoms with Gasteiger partial charge in [-0.3, -0.25) is 0 Å². The van der Waals surface area contributed by atoms with Crippen molar-refractivity contribution < 1.29 is 8.83 Å². The molecule has 2 aromatic heterocycles. The van der Waals surface area contributed by atoms with Crippen LogP contribution in [0.2, 0.25) is 5.02 Å². The molecule has 1 N–H and O–H groups in total. The maximum Gasteiger partial charge on any atom is 0.153 e. The molecule has 0 bridgehead atoms. The molecule has 2 heterocycles. The molecule has 0 aliphatic carbocycles. The largest absolute Gasteiger partial charge is 0.464 e. The van der Waals surface area contributed by atoms with Gasteiger partial charge < -0.3 is 14.2 Å². The van der Waals surface area contributed by atoms with Gasteiger partial charge in [0.25, 0.3) is 0 Å². The topological polar surface area (TPSA) is 38.3 Å². The van der Waals surface area contributed by atoms with Gasteiger partial charge >= 0.3 is 0 Å². The fourth-order valence-electron chi connectivity index (χ4n) is 2.43. The Morgan fingerprint density at radius 3 is 2.58 bits per heavy atom. The van der Waals surface area contributed by atoms with E-state index in [2.05, 4.69) is 12.2 Å². The van der Waals surface area contributed by atoms with Gasteiger partial charge in [0, 0.05) is 22.4 Å². The van der Waals surface area contributed by atoms with Crippen molar-refractivity contribution in [3.8, 4) is 0 Å². The number of hydrogen-bond acceptors (Lipinski definition) is 3. The summed E-state index contributed by atoms with van der Waals surface area (Å²) in [6.07, 6.45) is 5.33. The molecule has 0 saturated carbocycles. The van der Waals surface area contributed by atoms with Crippen LogP contribution in [0.5, 0.6) is 0 Å². The van der Waals surface area contributed by atoms with E-state index < -0.39 is 0 Å². The lowest BCUT2D eigenvalue weighted by molar-refractivity contribution is 0.560. The molecule has 19 heavy (non-hydrogen) atoms. The van der Waals surface area contributed by atoms with Crippen LogP contribution in [0, 0.1) is 0 Å². The van der Waals surface area contributed by atoms with Crippen molar-refractivity contribution in [1.82, 2.24) is 5.32 Å². The van der Waals surface area contributed by atoms with E-state index in [1.54, 1.807) is 12.5 Å². The van der Waals surface area contributed by atoms with Gasteiger partial charge in [-0.2, -0.15) is 0 Å². The summed E-state index contributed by atoms with van der Waals surface area (Å²) in [7, 11) is 1.97. The minimum atomic E-state index is 0.461. The molecule has 0 saturated heterocycles. The Balaban J connectivity index is 2.15. The van der Waals surface area contributed by atoms with Gasteiger partial charge in [-0.05, 0) is 38.9 Å². The molecule has 4 heteroatoms. The second kappa shape index (κ2) is 4.91. The fourth-order valence-corrected chi connectivity index (χ4v) is 2.73. The van der Waals surface area contributed by atoms with E-state index in [-0.39, 0.29) is 0 Å². The lowest BCUT2D eigenvalue weighted by Gasteiger charge is -2.11. The van der Waals surface area contributed by atoms with E-state index >= 15 is 0 Å². The lowest BCUT2D eigenvalue weighted by atomic mass is 10.0. The molecule has 3 aromatic rings. The number of hydrogen-bond donors (Lipinski definition) is 1. The number of benzene rings is 1. The van der Waals surface area contributed by atoms with Crippen LogP contribution in [-0.2, 0) is 6.42 Å². The Bertz CT molecular complexity index is 662. The number of fused-ring (bicyclic) bond motifs is 2. The van der Waals surface area contributed by atoms with Crippen molar-refractivity contribution in [2.75, 3.05) is 7.05 Å². The molecular formula is C15H16ClNO2. The number of nitrogens with one attached hydrogen (secondary N) is 1. The van der Waals surface area contributed by atoms with Crippen LogP contribution in [0.3, 0.4) is 0 Å². The highest BCUT2D eigenvalue weighted by molar-refractivity contribution is 6.40. The van der Waals surface area contributed by atoms with E-state index in [0.717, 1.165) is 34.8 Å². The minimum Gasteiger partial charge on any atom is -0.464 e. The van der Waals surface area contributed by atoms with E-state index in [1.807, 2.05) is 19.2 Å². The summed E-state index contributed by atoms with van der Waals surface area (Å²) in [5.41, 5.74) is 2.81. The van der Waals surface area contributed by atoms with E-state index in [0.29, 0.717) is 11.1 Å². The minimum absolute atomic E-state index is 0.461. The van der Waals surface area contributed by atoms with E-state index in [1.165, 1.54) is 5.56 Å². The lowest BCUT2D eigenvalue weighted by Crippen LogP contribution is -2.21. The monoisotopic (exact) mass is 277 g/mol. The molecule has 1 aromatic carbocycles. The SMILES string of the molecule is CNC(C)CCc1c2ccoc2c(Cl)c2ccoc12. The molecule has 0 amide bonds. The van der Waals surface area contributed by atoms with Crippen molar-refractivity contribution in [2.45, 2.75) is 25.8 Å². The van der Waals surface area contributed by atoms with Gasteiger partial charge in [0.2, 0.25) is 0 Å². The maximum atomic E-state index is 6.35. The van der Waals surface area contributed by atoms with Crippen LogP contribution < -0.4 is 5.32 Å². The number of furan rings is 2. The summed E-state index contributed by atoms with van der Waals surface area (Å²) in [5, 5.41) is 5.86. The first kappa shape index (κ1) is 12.6. The Morgan fingerprint density at radius 1 is 1.16 bits per heavy atom. The predicted molar refractivity (Wildman–Crippen MR) is 77.8 cm³/mol. The zero-order valence-corrected chi connectivity index (χ0v) is 11.8. The standard InChI is InChI=1S/C15H16ClNO2/c1-9(17-2)3-4-10-11-5-7-19-15(11)13(16)12-6-8-18-14(10)12/h5-9,17H,3-4H2,1-2H3. The van der Waals surface area contributed by atoms with Gasteiger partial charge in [-0.1, -0.05) is 11.6 Å². The zero-order chi connectivity index (χ0) is 13.4. The van der Waals surface area contributed by atoms with Crippen molar-refractivity contribution in [2.24, 2.45) is 0 Å². The maximum absolute atomic E-state index is 6.35. The molecule has 0 aliphatic rings. The average Bonchev–Trinajstić information content (AvgIpc) is 3.06. The van der Waals surface area contributed by atoms with Gasteiger partial charge in [0.1, 0.15) is 5.58 Å². The average molecular weight is 278 g/mol. The Morgan fingerprint density at radius 2 is 1.84 bits per heavy atom. The van der Waals surface area contributed by atoms with Crippen molar-refractivity contribution in [3.05, 3.63) is 35.2 Å². The molecule has 0 radical (unpaired) electrons. The van der Waals surface area contributed by atoms with Crippen LogP contribution in [0.25, 0.3) is 21.9 Å². The Hall–Kier alpha value is -1.45. The normalized spacial score (nSPS) is 13.4. The molecule has 1 atom stereocenters. The first-order chi connectivity index (χ1) is 9.22. The fraction of sp³-hybridized carbons (Fsp3) is 0.333. The summed E-state index contributed by atoms with van der Waals surface area (Å²) in [6.45, 7) is 2.17. The predicted octanol–water partition coefficient (Wildman–Crippen LogP) is 4.37. The third-order valence-corrected chi connectivity index (χ3v) is 4.06. The molecule has 0 spiro atoms. The van der Waals surface area contributed by atoms with Crippen LogP contribution in [0.4, 0.5) is 0 Å². The molecule has 0 fully saturated rings. The summed E-state index contributed by atoms with van der Waals surface area (Å²) < 4.78 is 11.1. The third kappa shape index (κ3) is 2.03. The van der Waals surface area contributed by atoms with Crippen molar-refractivity contribution >= 4 is 33.5 Å². The highest BCUT2D eigenvalue weighted by Gasteiger charge is 2.17. The van der Waals surface area contributed by atoms with Crippen LogP contribution in [0.15, 0.2) is 33.5 Å². The highest BCUT2D eigenvalue weighted by atomic mass is 35.5. The number of halogens is 1. The summed E-state index contributed by atoms with van der Waals surface area (Å²) >= 11 is 6.35. The smallest absolute Gasteiger partial charge is 0.153 e. The van der Waals surface area contributed by atoms with E-state index in [4.69, 9.17) is 20.4 Å². The zero-order valence-electron chi connectivity index (χ0n) is 11.0. The van der Waals surface area contributed by atoms with Crippen LogP contribution in [-0.4, -0.2) is 13.1 Å². The van der Waals surface area contributed by atoms with Crippen molar-refractivity contribution in [3.63, 3.8) is 0 Å². The molecule has 1 unspecified atom stereocenters. The Kier molecular flexibility index (Phi) is 3.25. The second-order valence-corrected chi connectivity index (χ2v) is 5.23. The van der Waals surface area contributed by atoms with Crippen molar-refractivity contribution in [1.29, 1.82) is 0 Å². The third-order valence-electron chi connectivity index (χ3n) is 3.69. The summed E-state index contributed by atoms with van der Waals surface area (Å²) in [5.74, 6) is 0. The van der Waals surface area contributed by atoms with Gasteiger partial charge in [0.05, 0.1) is 17.5 Å². The van der Waals surface area contributed by atoms with Gasteiger partial charge in [-0.25, -0.2) is 0 Å². The number of rotatable bonds is 4. The molecule has 100 valence electrons. The van der Waals surface area contributed by atoms with Gasteiger partial charge in [0.15, 0.2) is 5.58 Å². The van der Waals surface area contributed by atoms with E-state index in [9.17, 15) is 0 Å². The molecule has 3 rings (SSSR count). The van der Waals surface area contributed by atoms with Crippen LogP contribution >= 0.6 is 11.6 Å². The first-order valence-electron chi connectivity index (χ1n) is 6.44.